The van der Waals surface area contributed by atoms with E-state index >= 15 is 0 Å². The summed E-state index contributed by atoms with van der Waals surface area (Å²) in [6, 6.07) is 16.4. The number of carbonyl (C=O) groups excluding carboxylic acids is 1. The van der Waals surface area contributed by atoms with Gasteiger partial charge in [-0.25, -0.2) is 9.97 Å². The number of anilines is 2. The van der Waals surface area contributed by atoms with E-state index in [1.54, 1.807) is 12.4 Å². The molecule has 28 heavy (non-hydrogen) atoms. The van der Waals surface area contributed by atoms with E-state index in [4.69, 9.17) is 0 Å². The molecule has 0 spiro atoms. The predicted molar refractivity (Wildman–Crippen MR) is 113 cm³/mol. The van der Waals surface area contributed by atoms with Crippen LogP contribution in [0, 0.1) is 6.92 Å². The molecule has 0 bridgehead atoms. The minimum absolute atomic E-state index is 0.148. The van der Waals surface area contributed by atoms with Crippen LogP contribution in [-0.4, -0.2) is 22.4 Å². The summed E-state index contributed by atoms with van der Waals surface area (Å²) in [6.07, 6.45) is 5.88. The molecule has 0 aliphatic carbocycles. The van der Waals surface area contributed by atoms with Gasteiger partial charge >= 0.3 is 0 Å². The Bertz CT molecular complexity index is 908. The van der Waals surface area contributed by atoms with Crippen LogP contribution in [0.3, 0.4) is 0 Å². The molecule has 0 aliphatic heterocycles. The molecule has 3 aromatic rings. The third-order valence-corrected chi connectivity index (χ3v) is 4.66. The van der Waals surface area contributed by atoms with E-state index in [2.05, 4.69) is 58.7 Å². The lowest BCUT2D eigenvalue weighted by Crippen LogP contribution is -2.25. The molecule has 0 saturated carbocycles. The van der Waals surface area contributed by atoms with Gasteiger partial charge in [0.25, 0.3) is 5.91 Å². The number of amides is 1. The molecule has 0 unspecified atom stereocenters. The maximum atomic E-state index is 12.3. The second-order valence-electron chi connectivity index (χ2n) is 6.73. The average Bonchev–Trinajstić information content (AvgIpc) is 2.74. The maximum Gasteiger partial charge on any atom is 0.254 e. The predicted octanol–water partition coefficient (Wildman–Crippen LogP) is 4.45. The van der Waals surface area contributed by atoms with Gasteiger partial charge < -0.3 is 10.6 Å². The highest BCUT2D eigenvalue weighted by molar-refractivity contribution is 5.93. The first kappa shape index (κ1) is 19.5. The van der Waals surface area contributed by atoms with Gasteiger partial charge in [0.05, 0.1) is 5.56 Å². The van der Waals surface area contributed by atoms with Gasteiger partial charge in [0.1, 0.15) is 0 Å². The van der Waals surface area contributed by atoms with Crippen molar-refractivity contribution in [3.8, 4) is 0 Å². The van der Waals surface area contributed by atoms with Gasteiger partial charge in [-0.2, -0.15) is 0 Å². The van der Waals surface area contributed by atoms with E-state index in [1.807, 2.05) is 24.3 Å². The van der Waals surface area contributed by atoms with Crippen LogP contribution < -0.4 is 10.6 Å². The molecule has 0 atom stereocenters. The van der Waals surface area contributed by atoms with E-state index in [0.29, 0.717) is 18.1 Å². The third kappa shape index (κ3) is 5.16. The Morgan fingerprint density at radius 3 is 2.46 bits per heavy atom. The summed E-state index contributed by atoms with van der Waals surface area (Å²) in [5, 5.41) is 6.20. The quantitative estimate of drug-likeness (QED) is 0.572. The first-order chi connectivity index (χ1) is 13.7. The standard InChI is InChI=1S/C23H26N4O/c1-3-19-13-7-9-17(2)21(19)27-23-25-15-20(16-26-23)22(28)24-14-8-12-18-10-5-4-6-11-18/h4-7,9-11,13,15-16H,3,8,12,14H2,1-2H3,(H,24,28)(H,25,26,27). The van der Waals surface area contributed by atoms with Crippen LogP contribution in [0.5, 0.6) is 0 Å². The fourth-order valence-corrected chi connectivity index (χ4v) is 3.06. The van der Waals surface area contributed by atoms with Crippen LogP contribution in [0.15, 0.2) is 60.9 Å². The van der Waals surface area contributed by atoms with Crippen LogP contribution in [0.1, 0.15) is 40.4 Å². The Morgan fingerprint density at radius 1 is 1.00 bits per heavy atom. The van der Waals surface area contributed by atoms with Crippen molar-refractivity contribution in [3.63, 3.8) is 0 Å². The van der Waals surface area contributed by atoms with Crippen LogP contribution in [-0.2, 0) is 12.8 Å². The molecule has 0 radical (unpaired) electrons. The van der Waals surface area contributed by atoms with Gasteiger partial charge in [0, 0.05) is 24.6 Å². The largest absolute Gasteiger partial charge is 0.352 e. The zero-order valence-corrected chi connectivity index (χ0v) is 16.4. The van der Waals surface area contributed by atoms with Crippen molar-refractivity contribution in [2.75, 3.05) is 11.9 Å². The summed E-state index contributed by atoms with van der Waals surface area (Å²) in [6.45, 7) is 4.79. The van der Waals surface area contributed by atoms with Crippen molar-refractivity contribution in [2.24, 2.45) is 0 Å². The summed E-state index contributed by atoms with van der Waals surface area (Å²) >= 11 is 0. The lowest BCUT2D eigenvalue weighted by Gasteiger charge is -2.13. The molecule has 3 rings (SSSR count). The summed E-state index contributed by atoms with van der Waals surface area (Å²) in [5.74, 6) is 0.342. The molecule has 5 nitrogen and oxygen atoms in total. The third-order valence-electron chi connectivity index (χ3n) is 4.66. The highest BCUT2D eigenvalue weighted by Gasteiger charge is 2.09. The van der Waals surface area contributed by atoms with Gasteiger partial charge in [0.15, 0.2) is 0 Å². The minimum Gasteiger partial charge on any atom is -0.352 e. The van der Waals surface area contributed by atoms with Crippen LogP contribution in [0.4, 0.5) is 11.6 Å². The normalized spacial score (nSPS) is 10.5. The lowest BCUT2D eigenvalue weighted by molar-refractivity contribution is 0.0952. The second kappa shape index (κ2) is 9.65. The number of rotatable bonds is 8. The van der Waals surface area contributed by atoms with Crippen molar-refractivity contribution < 1.29 is 4.79 Å². The Balaban J connectivity index is 1.53. The Kier molecular flexibility index (Phi) is 6.73. The number of hydrogen-bond donors (Lipinski definition) is 2. The van der Waals surface area contributed by atoms with Gasteiger partial charge in [-0.1, -0.05) is 55.5 Å². The van der Waals surface area contributed by atoms with Crippen molar-refractivity contribution in [3.05, 3.63) is 83.2 Å². The zero-order chi connectivity index (χ0) is 19.8. The van der Waals surface area contributed by atoms with Gasteiger partial charge in [-0.3, -0.25) is 4.79 Å². The average molecular weight is 374 g/mol. The Hall–Kier alpha value is -3.21. The van der Waals surface area contributed by atoms with Crippen molar-refractivity contribution in [1.29, 1.82) is 0 Å². The Morgan fingerprint density at radius 2 is 1.75 bits per heavy atom. The molecule has 5 heteroatoms. The zero-order valence-electron chi connectivity index (χ0n) is 16.4. The van der Waals surface area contributed by atoms with E-state index in [9.17, 15) is 4.79 Å². The molecule has 1 aromatic heterocycles. The van der Waals surface area contributed by atoms with Crippen LogP contribution >= 0.6 is 0 Å². The van der Waals surface area contributed by atoms with Crippen LogP contribution in [0.25, 0.3) is 0 Å². The minimum atomic E-state index is -0.148. The number of nitrogens with zero attached hydrogens (tertiary/aromatic N) is 2. The molecule has 1 amide bonds. The van der Waals surface area contributed by atoms with E-state index in [0.717, 1.165) is 30.5 Å². The molecule has 1 heterocycles. The van der Waals surface area contributed by atoms with Gasteiger partial charge in [-0.05, 0) is 42.9 Å². The van der Waals surface area contributed by atoms with Gasteiger partial charge in [0.2, 0.25) is 5.95 Å². The fourth-order valence-electron chi connectivity index (χ4n) is 3.06. The Labute approximate surface area is 166 Å². The number of hydrogen-bond acceptors (Lipinski definition) is 4. The van der Waals surface area contributed by atoms with Crippen LogP contribution in [0.2, 0.25) is 0 Å². The molecule has 144 valence electrons. The number of benzene rings is 2. The molecule has 0 aliphatic rings. The molecule has 0 fully saturated rings. The number of carbonyl (C=O) groups is 1. The molecule has 2 N–H and O–H groups in total. The number of aryl methyl sites for hydroxylation is 3. The first-order valence-electron chi connectivity index (χ1n) is 9.67. The smallest absolute Gasteiger partial charge is 0.254 e. The molecular weight excluding hydrogens is 348 g/mol. The summed E-state index contributed by atoms with van der Waals surface area (Å²) in [7, 11) is 0. The SMILES string of the molecule is CCc1cccc(C)c1Nc1ncc(C(=O)NCCCc2ccccc2)cn1. The van der Waals surface area contributed by atoms with E-state index < -0.39 is 0 Å². The first-order valence-corrected chi connectivity index (χ1v) is 9.67. The molecule has 0 saturated heterocycles. The maximum absolute atomic E-state index is 12.3. The van der Waals surface area contributed by atoms with Crippen molar-refractivity contribution in [1.82, 2.24) is 15.3 Å². The fraction of sp³-hybridized carbons (Fsp3) is 0.261. The van der Waals surface area contributed by atoms with E-state index in [1.165, 1.54) is 11.1 Å². The van der Waals surface area contributed by atoms with Crippen molar-refractivity contribution >= 4 is 17.5 Å². The monoisotopic (exact) mass is 374 g/mol. The highest BCUT2D eigenvalue weighted by atomic mass is 16.1. The molecular formula is C23H26N4O. The number of aromatic nitrogens is 2. The number of nitrogens with one attached hydrogen (secondary N) is 2. The summed E-state index contributed by atoms with van der Waals surface area (Å²) < 4.78 is 0. The molecule has 2 aromatic carbocycles. The highest BCUT2D eigenvalue weighted by Crippen LogP contribution is 2.23. The summed E-state index contributed by atoms with van der Waals surface area (Å²) in [5.41, 5.74) is 5.12. The van der Waals surface area contributed by atoms with Gasteiger partial charge in [-0.15, -0.1) is 0 Å². The topological polar surface area (TPSA) is 66.9 Å². The van der Waals surface area contributed by atoms with E-state index in [-0.39, 0.29) is 5.91 Å². The van der Waals surface area contributed by atoms with Crippen molar-refractivity contribution in [2.45, 2.75) is 33.1 Å². The number of para-hydroxylation sites is 1. The second-order valence-corrected chi connectivity index (χ2v) is 6.73. The lowest BCUT2D eigenvalue weighted by atomic mass is 10.1. The summed E-state index contributed by atoms with van der Waals surface area (Å²) in [4.78, 5) is 20.9.